The first-order chi connectivity index (χ1) is 16.3. The summed E-state index contributed by atoms with van der Waals surface area (Å²) in [6.07, 6.45) is 3.25. The first-order valence-electron chi connectivity index (χ1n) is 10.9. The summed E-state index contributed by atoms with van der Waals surface area (Å²) in [7, 11) is -3.21. The first kappa shape index (κ1) is 21.1. The lowest BCUT2D eigenvalue weighted by molar-refractivity contribution is 0.488. The molecule has 0 saturated heterocycles. The first-order valence-corrected chi connectivity index (χ1v) is 12.7. The molecule has 1 aromatic heterocycles. The van der Waals surface area contributed by atoms with Crippen molar-refractivity contribution in [3.63, 3.8) is 0 Å². The van der Waals surface area contributed by atoms with E-state index in [4.69, 9.17) is 0 Å². The fourth-order valence-electron chi connectivity index (χ4n) is 4.50. The Bertz CT molecular complexity index is 1280. The summed E-state index contributed by atoms with van der Waals surface area (Å²) < 4.78 is 17.4. The van der Waals surface area contributed by atoms with Crippen molar-refractivity contribution in [2.75, 3.05) is 0 Å². The maximum Gasteiger partial charge on any atom is 0.152 e. The Kier molecular flexibility index (Phi) is 6.01. The molecule has 0 bridgehead atoms. The minimum atomic E-state index is -3.21. The second-order valence-electron chi connectivity index (χ2n) is 7.92. The Labute approximate surface area is 194 Å². The summed E-state index contributed by atoms with van der Waals surface area (Å²) in [4.78, 5) is 4.23. The van der Waals surface area contributed by atoms with E-state index in [1.54, 1.807) is 6.33 Å². The van der Waals surface area contributed by atoms with Crippen molar-refractivity contribution >= 4 is 17.8 Å². The summed E-state index contributed by atoms with van der Waals surface area (Å²) in [6.45, 7) is 0. The standard InChI is InChI=1S/C28H24N3OP/c32-33(25-17-9-3-10-18-25,26-19-11-4-12-20-26)28(24-15-7-2-8-16-24)27(31-22-29-21-30-31)23-13-5-1-6-14-23/h1-22,27-28H. The number of nitrogens with zero attached hydrogens (tertiary/aromatic N) is 3. The number of benzene rings is 4. The molecule has 0 aliphatic heterocycles. The summed E-state index contributed by atoms with van der Waals surface area (Å²) in [5.41, 5.74) is 1.63. The van der Waals surface area contributed by atoms with Gasteiger partial charge < -0.3 is 4.57 Å². The fourth-order valence-corrected chi connectivity index (χ4v) is 7.97. The SMILES string of the molecule is O=P(c1ccccc1)(c1ccccc1)C(c1ccccc1)C(c1ccccc1)n1cncn1. The molecule has 0 N–H and O–H groups in total. The Balaban J connectivity index is 1.85. The Morgan fingerprint density at radius 1 is 0.606 bits per heavy atom. The molecule has 4 aromatic carbocycles. The predicted octanol–water partition coefficient (Wildman–Crippen LogP) is 5.62. The maximum atomic E-state index is 15.6. The van der Waals surface area contributed by atoms with Crippen molar-refractivity contribution in [3.05, 3.63) is 145 Å². The van der Waals surface area contributed by atoms with Crippen LogP contribution in [-0.4, -0.2) is 14.8 Å². The van der Waals surface area contributed by atoms with Crippen LogP contribution in [0.3, 0.4) is 0 Å². The predicted molar refractivity (Wildman–Crippen MR) is 134 cm³/mol. The van der Waals surface area contributed by atoms with E-state index < -0.39 is 12.8 Å². The molecule has 5 aromatic rings. The highest BCUT2D eigenvalue weighted by molar-refractivity contribution is 7.79. The number of rotatable bonds is 7. The lowest BCUT2D eigenvalue weighted by Gasteiger charge is -2.35. The molecule has 2 unspecified atom stereocenters. The highest BCUT2D eigenvalue weighted by atomic mass is 31.2. The van der Waals surface area contributed by atoms with E-state index in [2.05, 4.69) is 34.3 Å². The van der Waals surface area contributed by atoms with E-state index in [9.17, 15) is 0 Å². The molecule has 0 amide bonds. The molecule has 0 radical (unpaired) electrons. The molecule has 1 heterocycles. The van der Waals surface area contributed by atoms with Gasteiger partial charge >= 0.3 is 0 Å². The van der Waals surface area contributed by atoms with Crippen LogP contribution in [0.25, 0.3) is 0 Å². The van der Waals surface area contributed by atoms with Gasteiger partial charge in [0, 0.05) is 10.6 Å². The van der Waals surface area contributed by atoms with E-state index >= 15 is 4.57 Å². The van der Waals surface area contributed by atoms with Crippen LogP contribution >= 0.6 is 7.14 Å². The third kappa shape index (κ3) is 4.06. The Hall–Kier alpha value is -3.75. The zero-order valence-corrected chi connectivity index (χ0v) is 18.9. The molecule has 0 aliphatic rings. The van der Waals surface area contributed by atoms with Crippen LogP contribution in [0.2, 0.25) is 0 Å². The summed E-state index contributed by atoms with van der Waals surface area (Å²) in [6, 6.07) is 39.6. The van der Waals surface area contributed by atoms with Gasteiger partial charge in [-0.2, -0.15) is 5.10 Å². The quantitative estimate of drug-likeness (QED) is 0.303. The minimum absolute atomic E-state index is 0.317. The number of hydrogen-bond donors (Lipinski definition) is 0. The van der Waals surface area contributed by atoms with Crippen molar-refractivity contribution in [1.29, 1.82) is 0 Å². The van der Waals surface area contributed by atoms with Crippen LogP contribution in [0.1, 0.15) is 22.8 Å². The van der Waals surface area contributed by atoms with E-state index in [0.717, 1.165) is 21.7 Å². The second-order valence-corrected chi connectivity index (χ2v) is 10.8. The topological polar surface area (TPSA) is 47.8 Å². The van der Waals surface area contributed by atoms with Gasteiger partial charge in [-0.25, -0.2) is 9.67 Å². The molecule has 4 nitrogen and oxygen atoms in total. The number of aromatic nitrogens is 3. The zero-order chi connectivity index (χ0) is 22.5. The van der Waals surface area contributed by atoms with Crippen molar-refractivity contribution in [2.24, 2.45) is 0 Å². The van der Waals surface area contributed by atoms with Gasteiger partial charge in [0.25, 0.3) is 0 Å². The van der Waals surface area contributed by atoms with E-state index in [-0.39, 0.29) is 6.04 Å². The van der Waals surface area contributed by atoms with Gasteiger partial charge in [-0.05, 0) is 11.1 Å². The van der Waals surface area contributed by atoms with Gasteiger partial charge in [0.2, 0.25) is 0 Å². The third-order valence-corrected chi connectivity index (χ3v) is 9.47. The lowest BCUT2D eigenvalue weighted by atomic mass is 9.98. The van der Waals surface area contributed by atoms with Crippen molar-refractivity contribution < 1.29 is 4.57 Å². The van der Waals surface area contributed by atoms with Crippen LogP contribution < -0.4 is 10.6 Å². The average Bonchev–Trinajstić information content (AvgIpc) is 3.43. The van der Waals surface area contributed by atoms with Crippen molar-refractivity contribution in [1.82, 2.24) is 14.8 Å². The summed E-state index contributed by atoms with van der Waals surface area (Å²) in [5.74, 6) is 0. The van der Waals surface area contributed by atoms with Gasteiger partial charge in [0.15, 0.2) is 7.14 Å². The van der Waals surface area contributed by atoms with Gasteiger partial charge in [-0.1, -0.05) is 121 Å². The molecule has 0 saturated carbocycles. The molecule has 0 spiro atoms. The molecule has 2 atom stereocenters. The fraction of sp³-hybridized carbons (Fsp3) is 0.0714. The van der Waals surface area contributed by atoms with Gasteiger partial charge in [0.05, 0.1) is 11.7 Å². The molecule has 5 rings (SSSR count). The van der Waals surface area contributed by atoms with Crippen molar-refractivity contribution in [3.8, 4) is 0 Å². The normalized spacial score (nSPS) is 13.3. The van der Waals surface area contributed by atoms with E-state index in [0.29, 0.717) is 0 Å². The van der Waals surface area contributed by atoms with E-state index in [1.165, 1.54) is 6.33 Å². The monoisotopic (exact) mass is 449 g/mol. The minimum Gasteiger partial charge on any atom is -0.313 e. The highest BCUT2D eigenvalue weighted by Gasteiger charge is 2.44. The van der Waals surface area contributed by atoms with Crippen LogP contribution in [0.4, 0.5) is 0 Å². The molecule has 0 aliphatic carbocycles. The lowest BCUT2D eigenvalue weighted by Crippen LogP contribution is -2.28. The summed E-state index contributed by atoms with van der Waals surface area (Å²) >= 11 is 0. The van der Waals surface area contributed by atoms with Crippen LogP contribution in [-0.2, 0) is 4.57 Å². The molecule has 0 fully saturated rings. The van der Waals surface area contributed by atoms with Gasteiger partial charge in [0.1, 0.15) is 12.7 Å². The van der Waals surface area contributed by atoms with Crippen LogP contribution in [0.5, 0.6) is 0 Å². The molecular formula is C28H24N3OP. The third-order valence-electron chi connectivity index (χ3n) is 5.97. The van der Waals surface area contributed by atoms with Crippen molar-refractivity contribution in [2.45, 2.75) is 11.7 Å². The largest absolute Gasteiger partial charge is 0.313 e. The van der Waals surface area contributed by atoms with Crippen LogP contribution in [0, 0.1) is 0 Å². The zero-order valence-electron chi connectivity index (χ0n) is 18.1. The molecule has 5 heteroatoms. The molecule has 162 valence electrons. The molecule has 33 heavy (non-hydrogen) atoms. The Morgan fingerprint density at radius 2 is 1.06 bits per heavy atom. The smallest absolute Gasteiger partial charge is 0.152 e. The second kappa shape index (κ2) is 9.40. The highest BCUT2D eigenvalue weighted by Crippen LogP contribution is 2.62. The maximum absolute atomic E-state index is 15.6. The number of hydrogen-bond acceptors (Lipinski definition) is 3. The average molecular weight is 449 g/mol. The summed E-state index contributed by atoms with van der Waals surface area (Å²) in [5, 5.41) is 6.17. The van der Waals surface area contributed by atoms with Gasteiger partial charge in [-0.3, -0.25) is 0 Å². The van der Waals surface area contributed by atoms with Gasteiger partial charge in [-0.15, -0.1) is 0 Å². The Morgan fingerprint density at radius 3 is 1.52 bits per heavy atom. The van der Waals surface area contributed by atoms with E-state index in [1.807, 2.05) is 102 Å². The van der Waals surface area contributed by atoms with Crippen LogP contribution in [0.15, 0.2) is 134 Å². The molecular weight excluding hydrogens is 425 g/mol.